The number of nitrogens with zero attached hydrogens (tertiary/aromatic N) is 1. The van der Waals surface area contributed by atoms with Crippen molar-refractivity contribution in [3.8, 4) is 5.75 Å². The van der Waals surface area contributed by atoms with Crippen LogP contribution >= 0.6 is 11.8 Å². The summed E-state index contributed by atoms with van der Waals surface area (Å²) in [5.41, 5.74) is 12.5. The Morgan fingerprint density at radius 3 is 2.56 bits per heavy atom. The summed E-state index contributed by atoms with van der Waals surface area (Å²) in [5.74, 6) is -1.05. The number of amides is 1. The van der Waals surface area contributed by atoms with E-state index in [0.717, 1.165) is 16.3 Å². The lowest BCUT2D eigenvalue weighted by atomic mass is 9.78. The molecule has 32 heavy (non-hydrogen) atoms. The van der Waals surface area contributed by atoms with Crippen LogP contribution in [-0.2, 0) is 15.3 Å². The second-order valence-electron chi connectivity index (χ2n) is 8.27. The molecule has 2 aliphatic rings. The maximum absolute atomic E-state index is 12.5. The van der Waals surface area contributed by atoms with E-state index >= 15 is 0 Å². The number of carboxylic acids is 1. The minimum Gasteiger partial charge on any atom is -0.488 e. The van der Waals surface area contributed by atoms with E-state index < -0.39 is 23.5 Å². The molecule has 0 saturated carbocycles. The second kappa shape index (κ2) is 8.74. The third-order valence-electron chi connectivity index (χ3n) is 6.30. The molecule has 2 aromatic rings. The van der Waals surface area contributed by atoms with Gasteiger partial charge in [0.1, 0.15) is 23.6 Å². The number of carbonyl (C=O) groups is 2. The molecule has 2 aromatic carbocycles. The Bertz CT molecular complexity index is 1100. The molecule has 0 spiro atoms. The number of fused-ring (bicyclic) bond motifs is 2. The van der Waals surface area contributed by atoms with E-state index in [0.29, 0.717) is 17.1 Å². The highest BCUT2D eigenvalue weighted by molar-refractivity contribution is 7.99. The average Bonchev–Trinajstić information content (AvgIpc) is 2.98. The smallest absolute Gasteiger partial charge is 0.352 e. The number of hydrogen-bond donors (Lipinski definition) is 4. The van der Waals surface area contributed by atoms with Gasteiger partial charge in [0.25, 0.3) is 0 Å². The van der Waals surface area contributed by atoms with E-state index in [1.54, 1.807) is 6.92 Å². The van der Waals surface area contributed by atoms with Crippen molar-refractivity contribution in [1.29, 1.82) is 0 Å². The van der Waals surface area contributed by atoms with Gasteiger partial charge in [0.15, 0.2) is 0 Å². The number of rotatable bonds is 8. The Kier molecular flexibility index (Phi) is 6.17. The van der Waals surface area contributed by atoms with Crippen molar-refractivity contribution < 1.29 is 24.5 Å². The van der Waals surface area contributed by atoms with Crippen LogP contribution in [0.1, 0.15) is 19.4 Å². The fourth-order valence-corrected chi connectivity index (χ4v) is 5.40. The van der Waals surface area contributed by atoms with Crippen molar-refractivity contribution in [2.75, 3.05) is 6.61 Å². The third kappa shape index (κ3) is 3.75. The van der Waals surface area contributed by atoms with Crippen LogP contribution in [0, 0.1) is 11.8 Å². The SMILES string of the molecule is CC(O)C1C(=O)N2C(C(=O)O)=C(COc3cccc4c(CSC(N)N)cccc34)C(C)C12. The van der Waals surface area contributed by atoms with Gasteiger partial charge in [-0.3, -0.25) is 4.79 Å². The minimum absolute atomic E-state index is 0.0290. The van der Waals surface area contributed by atoms with Crippen LogP contribution < -0.4 is 16.2 Å². The van der Waals surface area contributed by atoms with E-state index in [1.807, 2.05) is 43.3 Å². The molecule has 0 aromatic heterocycles. The second-order valence-corrected chi connectivity index (χ2v) is 9.43. The molecule has 9 heteroatoms. The lowest BCUT2D eigenvalue weighted by molar-refractivity contribution is -0.163. The zero-order chi connectivity index (χ0) is 23.2. The van der Waals surface area contributed by atoms with Crippen LogP contribution in [-0.4, -0.2) is 51.2 Å². The minimum atomic E-state index is -1.16. The molecule has 4 atom stereocenters. The van der Waals surface area contributed by atoms with Gasteiger partial charge in [-0.25, -0.2) is 4.79 Å². The molecule has 2 aliphatic heterocycles. The first-order chi connectivity index (χ1) is 15.2. The largest absolute Gasteiger partial charge is 0.488 e. The summed E-state index contributed by atoms with van der Waals surface area (Å²) in [4.78, 5) is 25.8. The van der Waals surface area contributed by atoms with E-state index in [-0.39, 0.29) is 30.2 Å². The normalized spacial score (nSPS) is 23.5. The van der Waals surface area contributed by atoms with Gasteiger partial charge in [0.05, 0.1) is 18.1 Å². The standard InChI is InChI=1S/C23H27N3O5S/c1-11-16(20(22(29)30)26-19(11)18(12(2)27)21(26)28)9-31-17-8-4-6-14-13(10-32-23(24)25)5-3-7-15(14)17/h3-8,11-12,18-19,23,27H,9-10,24-25H2,1-2H3,(H,29,30). The fourth-order valence-electron chi connectivity index (χ4n) is 4.77. The summed E-state index contributed by atoms with van der Waals surface area (Å²) in [6.45, 7) is 3.48. The Morgan fingerprint density at radius 2 is 1.91 bits per heavy atom. The molecule has 0 bridgehead atoms. The Morgan fingerprint density at radius 1 is 1.22 bits per heavy atom. The number of β-lactam (4-membered cyclic amide) rings is 1. The summed E-state index contributed by atoms with van der Waals surface area (Å²) >= 11 is 1.44. The van der Waals surface area contributed by atoms with Crippen molar-refractivity contribution in [2.24, 2.45) is 23.3 Å². The molecule has 8 nitrogen and oxygen atoms in total. The molecule has 1 saturated heterocycles. The number of nitrogens with two attached hydrogens (primary N) is 2. The number of aliphatic hydroxyl groups is 1. The van der Waals surface area contributed by atoms with Crippen molar-refractivity contribution >= 4 is 34.4 Å². The molecule has 4 unspecified atom stereocenters. The Balaban J connectivity index is 1.61. The average molecular weight is 458 g/mol. The number of thioether (sulfide) groups is 1. The van der Waals surface area contributed by atoms with Crippen molar-refractivity contribution in [1.82, 2.24) is 4.90 Å². The number of aliphatic hydroxyl groups excluding tert-OH is 1. The number of benzene rings is 2. The molecular weight excluding hydrogens is 430 g/mol. The third-order valence-corrected chi connectivity index (χ3v) is 7.17. The van der Waals surface area contributed by atoms with Crippen molar-refractivity contribution in [2.45, 2.75) is 37.2 Å². The number of hydrogen-bond acceptors (Lipinski definition) is 7. The summed E-state index contributed by atoms with van der Waals surface area (Å²) in [5, 5.41) is 21.7. The lowest BCUT2D eigenvalue weighted by Gasteiger charge is -2.46. The zero-order valence-electron chi connectivity index (χ0n) is 17.9. The van der Waals surface area contributed by atoms with E-state index in [1.165, 1.54) is 16.7 Å². The van der Waals surface area contributed by atoms with Gasteiger partial charge >= 0.3 is 5.97 Å². The molecule has 6 N–H and O–H groups in total. The van der Waals surface area contributed by atoms with Crippen LogP contribution in [0.4, 0.5) is 0 Å². The fraction of sp³-hybridized carbons (Fsp3) is 0.391. The molecule has 0 radical (unpaired) electrons. The summed E-state index contributed by atoms with van der Waals surface area (Å²) < 4.78 is 6.11. The molecule has 1 amide bonds. The number of ether oxygens (including phenoxy) is 1. The van der Waals surface area contributed by atoms with Crippen molar-refractivity contribution in [3.05, 3.63) is 53.2 Å². The van der Waals surface area contributed by atoms with Crippen LogP contribution in [0.3, 0.4) is 0 Å². The number of carbonyl (C=O) groups excluding carboxylic acids is 1. The summed E-state index contributed by atoms with van der Waals surface area (Å²) in [6.07, 6.45) is -0.836. The maximum Gasteiger partial charge on any atom is 0.352 e. The van der Waals surface area contributed by atoms with Gasteiger partial charge in [-0.05, 0) is 23.9 Å². The molecule has 170 valence electrons. The van der Waals surface area contributed by atoms with Crippen LogP contribution in [0.2, 0.25) is 0 Å². The first-order valence-electron chi connectivity index (χ1n) is 10.5. The zero-order valence-corrected chi connectivity index (χ0v) is 18.7. The number of carboxylic acid groups (broad SMARTS) is 1. The Hall–Kier alpha value is -2.59. The first-order valence-corrected chi connectivity index (χ1v) is 11.5. The van der Waals surface area contributed by atoms with E-state index in [9.17, 15) is 19.8 Å². The van der Waals surface area contributed by atoms with Crippen molar-refractivity contribution in [3.63, 3.8) is 0 Å². The predicted octanol–water partition coefficient (Wildman–Crippen LogP) is 1.85. The molecular formula is C23H27N3O5S. The monoisotopic (exact) mass is 457 g/mol. The van der Waals surface area contributed by atoms with Gasteiger partial charge < -0.3 is 31.3 Å². The predicted molar refractivity (Wildman–Crippen MR) is 123 cm³/mol. The topological polar surface area (TPSA) is 139 Å². The number of aliphatic carboxylic acids is 1. The van der Waals surface area contributed by atoms with Gasteiger partial charge in [0, 0.05) is 22.6 Å². The maximum atomic E-state index is 12.5. The molecule has 0 aliphatic carbocycles. The van der Waals surface area contributed by atoms with Gasteiger partial charge in [0.2, 0.25) is 5.91 Å². The van der Waals surface area contributed by atoms with E-state index in [2.05, 4.69) is 0 Å². The summed E-state index contributed by atoms with van der Waals surface area (Å²) in [7, 11) is 0. The van der Waals surface area contributed by atoms with Gasteiger partial charge in [-0.15, -0.1) is 11.8 Å². The molecule has 2 heterocycles. The first kappa shape index (κ1) is 22.6. The van der Waals surface area contributed by atoms with Gasteiger partial charge in [-0.1, -0.05) is 37.3 Å². The van der Waals surface area contributed by atoms with Crippen LogP contribution in [0.5, 0.6) is 5.75 Å². The molecule has 1 fully saturated rings. The lowest BCUT2D eigenvalue weighted by Crippen LogP contribution is -2.63. The highest BCUT2D eigenvalue weighted by Crippen LogP contribution is 2.47. The van der Waals surface area contributed by atoms with Crippen LogP contribution in [0.15, 0.2) is 47.7 Å². The van der Waals surface area contributed by atoms with Crippen LogP contribution in [0.25, 0.3) is 10.8 Å². The summed E-state index contributed by atoms with van der Waals surface area (Å²) in [6, 6.07) is 11.3. The Labute approximate surface area is 190 Å². The van der Waals surface area contributed by atoms with E-state index in [4.69, 9.17) is 16.2 Å². The van der Waals surface area contributed by atoms with Gasteiger partial charge in [-0.2, -0.15) is 0 Å². The highest BCUT2D eigenvalue weighted by atomic mass is 32.2. The molecule has 4 rings (SSSR count). The highest BCUT2D eigenvalue weighted by Gasteiger charge is 2.59. The quantitative estimate of drug-likeness (QED) is 0.348.